The van der Waals surface area contributed by atoms with Crippen LogP contribution in [0.1, 0.15) is 21.5 Å². The molecule has 0 aliphatic rings. The largest absolute Gasteiger partial charge is 0.380 e. The van der Waals surface area contributed by atoms with Gasteiger partial charge in [-0.15, -0.1) is 0 Å². The standard InChI is InChI=1S/C16H14N2O4S/c1-22-11-13-2-6-14(7-3-13)16(19)18-23(20,21)15-8-4-12(10-17)5-9-15/h2-9H,11H2,1H3,(H,18,19). The molecule has 118 valence electrons. The van der Waals surface area contributed by atoms with Gasteiger partial charge in [-0.05, 0) is 42.0 Å². The Hall–Kier alpha value is -2.69. The number of rotatable bonds is 5. The minimum Gasteiger partial charge on any atom is -0.380 e. The zero-order chi connectivity index (χ0) is 16.9. The summed E-state index contributed by atoms with van der Waals surface area (Å²) in [4.78, 5) is 12.0. The predicted octanol–water partition coefficient (Wildman–Crippen LogP) is 1.82. The summed E-state index contributed by atoms with van der Waals surface area (Å²) in [7, 11) is -2.43. The van der Waals surface area contributed by atoms with Crippen molar-refractivity contribution in [3.63, 3.8) is 0 Å². The van der Waals surface area contributed by atoms with Crippen LogP contribution in [-0.2, 0) is 21.4 Å². The van der Waals surface area contributed by atoms with Crippen LogP contribution in [0.5, 0.6) is 0 Å². The van der Waals surface area contributed by atoms with E-state index in [1.54, 1.807) is 19.2 Å². The fourth-order valence-corrected chi connectivity index (χ4v) is 2.84. The number of nitrogens with one attached hydrogen (secondary N) is 1. The van der Waals surface area contributed by atoms with E-state index in [4.69, 9.17) is 10.00 Å². The van der Waals surface area contributed by atoms with E-state index in [9.17, 15) is 13.2 Å². The molecule has 0 saturated carbocycles. The number of nitriles is 1. The van der Waals surface area contributed by atoms with E-state index in [0.29, 0.717) is 12.2 Å². The number of nitrogens with zero attached hydrogens (tertiary/aromatic N) is 1. The molecule has 0 heterocycles. The number of hydrogen-bond acceptors (Lipinski definition) is 5. The fourth-order valence-electron chi connectivity index (χ4n) is 1.87. The van der Waals surface area contributed by atoms with Crippen molar-refractivity contribution in [1.29, 1.82) is 5.26 Å². The first-order chi connectivity index (χ1) is 11.0. The van der Waals surface area contributed by atoms with Gasteiger partial charge in [0.1, 0.15) is 0 Å². The summed E-state index contributed by atoms with van der Waals surface area (Å²) in [5.41, 5.74) is 1.44. The molecule has 0 aromatic heterocycles. The van der Waals surface area contributed by atoms with Crippen LogP contribution in [-0.4, -0.2) is 21.4 Å². The lowest BCUT2D eigenvalue weighted by molar-refractivity contribution is 0.0981. The van der Waals surface area contributed by atoms with Gasteiger partial charge in [0.25, 0.3) is 15.9 Å². The van der Waals surface area contributed by atoms with Crippen molar-refractivity contribution in [2.75, 3.05) is 7.11 Å². The second-order valence-electron chi connectivity index (χ2n) is 4.70. The van der Waals surface area contributed by atoms with Gasteiger partial charge in [0.05, 0.1) is 23.1 Å². The van der Waals surface area contributed by atoms with Crippen molar-refractivity contribution in [3.8, 4) is 6.07 Å². The maximum absolute atomic E-state index is 12.2. The third kappa shape index (κ3) is 4.16. The Labute approximate surface area is 134 Å². The number of methoxy groups -OCH3 is 1. The number of ether oxygens (including phenoxy) is 1. The highest BCUT2D eigenvalue weighted by Gasteiger charge is 2.18. The van der Waals surface area contributed by atoms with E-state index >= 15 is 0 Å². The Kier molecular flexibility index (Phi) is 5.11. The Morgan fingerprint density at radius 2 is 1.74 bits per heavy atom. The molecule has 6 nitrogen and oxygen atoms in total. The first kappa shape index (κ1) is 16.7. The molecule has 0 radical (unpaired) electrons. The van der Waals surface area contributed by atoms with Gasteiger partial charge < -0.3 is 4.74 Å². The number of carbonyl (C=O) groups excluding carboxylic acids is 1. The SMILES string of the molecule is COCc1ccc(C(=O)NS(=O)(=O)c2ccc(C#N)cc2)cc1. The minimum absolute atomic E-state index is 0.0825. The summed E-state index contributed by atoms with van der Waals surface area (Å²) in [6.45, 7) is 0.408. The van der Waals surface area contributed by atoms with Crippen molar-refractivity contribution in [1.82, 2.24) is 4.72 Å². The molecule has 0 fully saturated rings. The van der Waals surface area contributed by atoms with Crippen LogP contribution < -0.4 is 4.72 Å². The Balaban J connectivity index is 2.15. The number of carbonyl (C=O) groups is 1. The monoisotopic (exact) mass is 330 g/mol. The second kappa shape index (κ2) is 7.05. The summed E-state index contributed by atoms with van der Waals surface area (Å²) < 4.78 is 31.3. The zero-order valence-corrected chi connectivity index (χ0v) is 13.1. The molecule has 0 aliphatic heterocycles. The van der Waals surface area contributed by atoms with Gasteiger partial charge in [0.15, 0.2) is 0 Å². The molecule has 0 spiro atoms. The third-order valence-electron chi connectivity index (χ3n) is 3.05. The maximum atomic E-state index is 12.2. The number of amides is 1. The van der Waals surface area contributed by atoms with E-state index in [2.05, 4.69) is 0 Å². The van der Waals surface area contributed by atoms with Gasteiger partial charge in [-0.3, -0.25) is 4.79 Å². The summed E-state index contributed by atoms with van der Waals surface area (Å²) in [5.74, 6) is -0.724. The second-order valence-corrected chi connectivity index (χ2v) is 6.38. The first-order valence-corrected chi connectivity index (χ1v) is 8.10. The average molecular weight is 330 g/mol. The molecular weight excluding hydrogens is 316 g/mol. The van der Waals surface area contributed by atoms with E-state index in [1.165, 1.54) is 36.4 Å². The fraction of sp³-hybridized carbons (Fsp3) is 0.125. The highest BCUT2D eigenvalue weighted by Crippen LogP contribution is 2.12. The molecular formula is C16H14N2O4S. The van der Waals surface area contributed by atoms with Crippen LogP contribution in [0.2, 0.25) is 0 Å². The predicted molar refractivity (Wildman–Crippen MR) is 83.0 cm³/mol. The van der Waals surface area contributed by atoms with Crippen LogP contribution in [0.25, 0.3) is 0 Å². The molecule has 0 bridgehead atoms. The lowest BCUT2D eigenvalue weighted by Gasteiger charge is -2.07. The number of sulfonamides is 1. The van der Waals surface area contributed by atoms with E-state index < -0.39 is 15.9 Å². The van der Waals surface area contributed by atoms with Crippen LogP contribution >= 0.6 is 0 Å². The van der Waals surface area contributed by atoms with Crippen molar-refractivity contribution in [3.05, 3.63) is 65.2 Å². The lowest BCUT2D eigenvalue weighted by atomic mass is 10.1. The minimum atomic E-state index is -3.99. The smallest absolute Gasteiger partial charge is 0.264 e. The highest BCUT2D eigenvalue weighted by molar-refractivity contribution is 7.90. The maximum Gasteiger partial charge on any atom is 0.264 e. The molecule has 2 rings (SSSR count). The molecule has 1 amide bonds. The molecule has 0 aliphatic carbocycles. The average Bonchev–Trinajstić information content (AvgIpc) is 2.55. The van der Waals surface area contributed by atoms with Gasteiger partial charge in [-0.2, -0.15) is 5.26 Å². The van der Waals surface area contributed by atoms with Crippen molar-refractivity contribution >= 4 is 15.9 Å². The third-order valence-corrected chi connectivity index (χ3v) is 4.39. The van der Waals surface area contributed by atoms with Crippen molar-refractivity contribution < 1.29 is 17.9 Å². The number of hydrogen-bond donors (Lipinski definition) is 1. The van der Waals surface area contributed by atoms with E-state index in [0.717, 1.165) is 5.56 Å². The van der Waals surface area contributed by atoms with Crippen molar-refractivity contribution in [2.45, 2.75) is 11.5 Å². The molecule has 1 N–H and O–H groups in total. The van der Waals surface area contributed by atoms with Gasteiger partial charge >= 0.3 is 0 Å². The topological polar surface area (TPSA) is 96.3 Å². The molecule has 0 atom stereocenters. The first-order valence-electron chi connectivity index (χ1n) is 6.61. The van der Waals surface area contributed by atoms with Gasteiger partial charge in [0.2, 0.25) is 0 Å². The zero-order valence-electron chi connectivity index (χ0n) is 12.3. The highest BCUT2D eigenvalue weighted by atomic mass is 32.2. The summed E-state index contributed by atoms with van der Waals surface area (Å²) in [6, 6.07) is 13.6. The summed E-state index contributed by atoms with van der Waals surface area (Å²) >= 11 is 0. The van der Waals surface area contributed by atoms with Crippen LogP contribution in [0.3, 0.4) is 0 Å². The van der Waals surface area contributed by atoms with E-state index in [1.807, 2.05) is 10.8 Å². The van der Waals surface area contributed by atoms with Gasteiger partial charge in [-0.1, -0.05) is 12.1 Å². The van der Waals surface area contributed by atoms with Crippen LogP contribution in [0, 0.1) is 11.3 Å². The van der Waals surface area contributed by atoms with Crippen LogP contribution in [0.4, 0.5) is 0 Å². The summed E-state index contributed by atoms with van der Waals surface area (Å²) in [5, 5.41) is 8.71. The molecule has 2 aromatic carbocycles. The Bertz CT molecular complexity index is 835. The Morgan fingerprint density at radius 1 is 1.13 bits per heavy atom. The normalized spacial score (nSPS) is 10.8. The van der Waals surface area contributed by atoms with Gasteiger partial charge in [0, 0.05) is 12.7 Å². The number of benzene rings is 2. The van der Waals surface area contributed by atoms with E-state index in [-0.39, 0.29) is 10.5 Å². The van der Waals surface area contributed by atoms with Crippen LogP contribution in [0.15, 0.2) is 53.4 Å². The lowest BCUT2D eigenvalue weighted by Crippen LogP contribution is -2.30. The van der Waals surface area contributed by atoms with Gasteiger partial charge in [-0.25, -0.2) is 13.1 Å². The molecule has 7 heteroatoms. The molecule has 2 aromatic rings. The Morgan fingerprint density at radius 3 is 2.26 bits per heavy atom. The molecule has 0 unspecified atom stereocenters. The molecule has 23 heavy (non-hydrogen) atoms. The van der Waals surface area contributed by atoms with Crippen molar-refractivity contribution in [2.24, 2.45) is 0 Å². The summed E-state index contributed by atoms with van der Waals surface area (Å²) in [6.07, 6.45) is 0. The molecule has 0 saturated heterocycles. The quantitative estimate of drug-likeness (QED) is 0.902.